The summed E-state index contributed by atoms with van der Waals surface area (Å²) >= 11 is 0. The van der Waals surface area contributed by atoms with Crippen molar-refractivity contribution >= 4 is 23.0 Å². The van der Waals surface area contributed by atoms with Crippen molar-refractivity contribution in [2.45, 2.75) is 12.5 Å². The van der Waals surface area contributed by atoms with Gasteiger partial charge in [-0.2, -0.15) is 0 Å². The van der Waals surface area contributed by atoms with Gasteiger partial charge in [-0.25, -0.2) is 0 Å². The minimum atomic E-state index is -0.856. The molecule has 2 N–H and O–H groups in total. The Balaban J connectivity index is 1.32. The van der Waals surface area contributed by atoms with Gasteiger partial charge in [0, 0.05) is 18.4 Å². The Morgan fingerprint density at radius 1 is 1.16 bits per heavy atom. The van der Waals surface area contributed by atoms with Gasteiger partial charge in [0.05, 0.1) is 18.7 Å². The Morgan fingerprint density at radius 2 is 1.94 bits per heavy atom. The summed E-state index contributed by atoms with van der Waals surface area (Å²) in [6, 6.07) is 23.0. The molecule has 0 bridgehead atoms. The van der Waals surface area contributed by atoms with Crippen molar-refractivity contribution in [3.05, 3.63) is 90.5 Å². The molecular formula is C26H26N2O4. The van der Waals surface area contributed by atoms with Crippen LogP contribution in [0, 0.1) is 0 Å². The third-order valence-electron chi connectivity index (χ3n) is 5.26. The van der Waals surface area contributed by atoms with E-state index in [0.29, 0.717) is 6.61 Å². The number of anilines is 2. The maximum atomic E-state index is 10.9. The molecule has 1 atom stereocenters. The SMILES string of the molecule is C=C(Nc1cccc(CC(=O)O)c1)c1ccc(OC[C@@H]2CN(C)c3ccccc3O2)cc1. The molecule has 0 saturated carbocycles. The van der Waals surface area contributed by atoms with Crippen LogP contribution in [0.5, 0.6) is 11.5 Å². The van der Waals surface area contributed by atoms with E-state index in [4.69, 9.17) is 14.6 Å². The molecule has 1 aliphatic heterocycles. The van der Waals surface area contributed by atoms with E-state index in [1.54, 1.807) is 6.07 Å². The van der Waals surface area contributed by atoms with Gasteiger partial charge in [-0.15, -0.1) is 0 Å². The molecule has 32 heavy (non-hydrogen) atoms. The first kappa shape index (κ1) is 21.3. The van der Waals surface area contributed by atoms with Crippen LogP contribution in [0.1, 0.15) is 11.1 Å². The molecule has 0 aliphatic carbocycles. The van der Waals surface area contributed by atoms with Gasteiger partial charge >= 0.3 is 5.97 Å². The molecule has 0 unspecified atom stereocenters. The molecule has 3 aromatic rings. The predicted octanol–water partition coefficient (Wildman–Crippen LogP) is 4.67. The lowest BCUT2D eigenvalue weighted by Crippen LogP contribution is -2.41. The van der Waals surface area contributed by atoms with Crippen LogP contribution in [-0.4, -0.2) is 37.4 Å². The summed E-state index contributed by atoms with van der Waals surface area (Å²) in [6.07, 6.45) is -0.0654. The quantitative estimate of drug-likeness (QED) is 0.541. The highest BCUT2D eigenvalue weighted by molar-refractivity contribution is 5.76. The van der Waals surface area contributed by atoms with E-state index in [0.717, 1.165) is 46.2 Å². The fourth-order valence-corrected chi connectivity index (χ4v) is 3.70. The largest absolute Gasteiger partial charge is 0.490 e. The number of ether oxygens (including phenoxy) is 2. The van der Waals surface area contributed by atoms with Gasteiger partial charge in [0.2, 0.25) is 0 Å². The molecule has 0 radical (unpaired) electrons. The lowest BCUT2D eigenvalue weighted by molar-refractivity contribution is -0.136. The molecule has 0 aromatic heterocycles. The lowest BCUT2D eigenvalue weighted by Gasteiger charge is -2.33. The van der Waals surface area contributed by atoms with Crippen LogP contribution in [-0.2, 0) is 11.2 Å². The van der Waals surface area contributed by atoms with E-state index in [9.17, 15) is 4.79 Å². The fourth-order valence-electron chi connectivity index (χ4n) is 3.70. The van der Waals surface area contributed by atoms with Crippen molar-refractivity contribution in [1.82, 2.24) is 0 Å². The average Bonchev–Trinajstić information content (AvgIpc) is 2.78. The molecule has 0 saturated heterocycles. The van der Waals surface area contributed by atoms with Crippen molar-refractivity contribution in [3.63, 3.8) is 0 Å². The van der Waals surface area contributed by atoms with E-state index in [2.05, 4.69) is 29.9 Å². The summed E-state index contributed by atoms with van der Waals surface area (Å²) in [4.78, 5) is 13.1. The second-order valence-electron chi connectivity index (χ2n) is 7.80. The average molecular weight is 431 g/mol. The Labute approximate surface area is 187 Å². The highest BCUT2D eigenvalue weighted by atomic mass is 16.5. The van der Waals surface area contributed by atoms with Gasteiger partial charge in [-0.3, -0.25) is 4.79 Å². The van der Waals surface area contributed by atoms with Crippen molar-refractivity contribution in [1.29, 1.82) is 0 Å². The normalized spacial score (nSPS) is 14.8. The standard InChI is InChI=1S/C26H26N2O4/c1-18(27-21-7-5-6-19(14-21)15-26(29)30)20-10-12-22(13-11-20)31-17-23-16-28(2)24-8-3-4-9-25(24)32-23/h3-14,23,27H,1,15-17H2,2H3,(H,29,30)/t23-/m0/s1. The van der Waals surface area contributed by atoms with Gasteiger partial charge in [-0.05, 0) is 59.7 Å². The van der Waals surface area contributed by atoms with Crippen LogP contribution in [0.4, 0.5) is 11.4 Å². The Hall–Kier alpha value is -3.93. The second kappa shape index (κ2) is 9.47. The zero-order valence-corrected chi connectivity index (χ0v) is 18.0. The number of likely N-dealkylation sites (N-methyl/N-ethyl adjacent to an activating group) is 1. The second-order valence-corrected chi connectivity index (χ2v) is 7.80. The van der Waals surface area contributed by atoms with Crippen molar-refractivity contribution < 1.29 is 19.4 Å². The molecule has 4 rings (SSSR count). The summed E-state index contributed by atoms with van der Waals surface area (Å²) in [6.45, 7) is 5.31. The molecule has 0 amide bonds. The number of fused-ring (bicyclic) bond motifs is 1. The first-order valence-corrected chi connectivity index (χ1v) is 10.4. The molecular weight excluding hydrogens is 404 g/mol. The third kappa shape index (κ3) is 5.21. The fraction of sp³-hybridized carbons (Fsp3) is 0.192. The van der Waals surface area contributed by atoms with Crippen LogP contribution in [0.15, 0.2) is 79.4 Å². The van der Waals surface area contributed by atoms with Gasteiger partial charge < -0.3 is 24.8 Å². The number of hydrogen-bond acceptors (Lipinski definition) is 5. The first-order chi connectivity index (χ1) is 15.5. The highest BCUT2D eigenvalue weighted by Gasteiger charge is 2.23. The molecule has 3 aromatic carbocycles. The minimum Gasteiger partial charge on any atom is -0.490 e. The van der Waals surface area contributed by atoms with Crippen LogP contribution in [0.2, 0.25) is 0 Å². The van der Waals surface area contributed by atoms with E-state index < -0.39 is 5.97 Å². The maximum Gasteiger partial charge on any atom is 0.307 e. The number of aliphatic carboxylic acids is 1. The van der Waals surface area contributed by atoms with Crippen LogP contribution < -0.4 is 19.7 Å². The van der Waals surface area contributed by atoms with Crippen molar-refractivity contribution in [2.24, 2.45) is 0 Å². The number of carbonyl (C=O) groups is 1. The number of rotatable bonds is 8. The summed E-state index contributed by atoms with van der Waals surface area (Å²) in [5.41, 5.74) is 4.26. The molecule has 0 fully saturated rings. The smallest absolute Gasteiger partial charge is 0.307 e. The molecule has 0 spiro atoms. The zero-order chi connectivity index (χ0) is 22.5. The zero-order valence-electron chi connectivity index (χ0n) is 18.0. The van der Waals surface area contributed by atoms with Crippen LogP contribution in [0.25, 0.3) is 5.70 Å². The number of carboxylic acid groups (broad SMARTS) is 1. The summed E-state index contributed by atoms with van der Waals surface area (Å²) in [7, 11) is 2.05. The Kier molecular flexibility index (Phi) is 6.31. The lowest BCUT2D eigenvalue weighted by atomic mass is 10.1. The van der Waals surface area contributed by atoms with Crippen LogP contribution >= 0.6 is 0 Å². The molecule has 6 heteroatoms. The maximum absolute atomic E-state index is 10.9. The highest BCUT2D eigenvalue weighted by Crippen LogP contribution is 2.32. The molecule has 1 aliphatic rings. The predicted molar refractivity (Wildman–Crippen MR) is 127 cm³/mol. The number of benzene rings is 3. The number of para-hydroxylation sites is 2. The Morgan fingerprint density at radius 3 is 2.72 bits per heavy atom. The summed E-state index contributed by atoms with van der Waals surface area (Å²) in [5, 5.41) is 12.2. The first-order valence-electron chi connectivity index (χ1n) is 10.4. The van der Waals surface area contributed by atoms with Gasteiger partial charge in [0.1, 0.15) is 24.2 Å². The van der Waals surface area contributed by atoms with E-state index in [1.807, 2.05) is 60.7 Å². The third-order valence-corrected chi connectivity index (χ3v) is 5.26. The van der Waals surface area contributed by atoms with Gasteiger partial charge in [0.25, 0.3) is 0 Å². The van der Waals surface area contributed by atoms with Crippen LogP contribution in [0.3, 0.4) is 0 Å². The molecule has 164 valence electrons. The summed E-state index contributed by atoms with van der Waals surface area (Å²) in [5.74, 6) is 0.779. The van der Waals surface area contributed by atoms with Gasteiger partial charge in [0.15, 0.2) is 0 Å². The molecule has 6 nitrogen and oxygen atoms in total. The molecule has 1 heterocycles. The topological polar surface area (TPSA) is 71.0 Å². The number of hydrogen-bond donors (Lipinski definition) is 2. The summed E-state index contributed by atoms with van der Waals surface area (Å²) < 4.78 is 12.0. The van der Waals surface area contributed by atoms with E-state index in [1.165, 1.54) is 0 Å². The number of nitrogens with one attached hydrogen (secondary N) is 1. The van der Waals surface area contributed by atoms with E-state index >= 15 is 0 Å². The van der Waals surface area contributed by atoms with Crippen molar-refractivity contribution in [3.8, 4) is 11.5 Å². The Bertz CT molecular complexity index is 1110. The number of nitrogens with zero attached hydrogens (tertiary/aromatic N) is 1. The monoisotopic (exact) mass is 430 g/mol. The number of carboxylic acids is 1. The minimum absolute atomic E-state index is 0.0138. The van der Waals surface area contributed by atoms with Gasteiger partial charge in [-0.1, -0.05) is 30.8 Å². The van der Waals surface area contributed by atoms with Crippen molar-refractivity contribution in [2.75, 3.05) is 30.4 Å². The van der Waals surface area contributed by atoms with E-state index in [-0.39, 0.29) is 12.5 Å².